The molecule has 118 valence electrons. The number of hydrogen-bond donors (Lipinski definition) is 1. The molecule has 0 aromatic carbocycles. The fraction of sp³-hybridized carbons (Fsp3) is 0.571. The van der Waals surface area contributed by atoms with Crippen LogP contribution in [0.15, 0.2) is 16.9 Å². The van der Waals surface area contributed by atoms with Crippen molar-refractivity contribution in [1.29, 1.82) is 0 Å². The minimum atomic E-state index is -0.104. The Kier molecular flexibility index (Phi) is 4.47. The van der Waals surface area contributed by atoms with E-state index in [2.05, 4.69) is 20.6 Å². The molecule has 1 aliphatic rings. The van der Waals surface area contributed by atoms with E-state index in [9.17, 15) is 4.79 Å². The zero-order valence-electron chi connectivity index (χ0n) is 12.5. The standard InChI is InChI=1S/C14H19N5O3/c1-10-16-14(22-18-10)5-4-13(20)17-11-7-15-19(8-11)9-12-3-2-6-21-12/h7-8,12H,2-6,9H2,1H3,(H,17,20). The second kappa shape index (κ2) is 6.69. The molecule has 8 nitrogen and oxygen atoms in total. The van der Waals surface area contributed by atoms with Crippen molar-refractivity contribution in [3.63, 3.8) is 0 Å². The first kappa shape index (κ1) is 14.7. The molecule has 2 aromatic heterocycles. The summed E-state index contributed by atoms with van der Waals surface area (Å²) in [5, 5.41) is 10.7. The Bertz CT molecular complexity index is 630. The van der Waals surface area contributed by atoms with E-state index in [1.54, 1.807) is 17.8 Å². The number of hydrogen-bond acceptors (Lipinski definition) is 6. The summed E-state index contributed by atoms with van der Waals surface area (Å²) in [6.45, 7) is 3.29. The Morgan fingerprint density at radius 1 is 1.55 bits per heavy atom. The molecular weight excluding hydrogens is 286 g/mol. The average molecular weight is 305 g/mol. The second-order valence-electron chi connectivity index (χ2n) is 5.37. The van der Waals surface area contributed by atoms with Crippen LogP contribution in [0.4, 0.5) is 5.69 Å². The van der Waals surface area contributed by atoms with Crippen LogP contribution in [0.2, 0.25) is 0 Å². The Morgan fingerprint density at radius 3 is 3.18 bits per heavy atom. The van der Waals surface area contributed by atoms with Crippen molar-refractivity contribution in [2.45, 2.75) is 45.3 Å². The lowest BCUT2D eigenvalue weighted by atomic mass is 10.2. The molecule has 3 rings (SSSR count). The molecule has 22 heavy (non-hydrogen) atoms. The number of amides is 1. The minimum absolute atomic E-state index is 0.104. The summed E-state index contributed by atoms with van der Waals surface area (Å²) in [6, 6.07) is 0. The highest BCUT2D eigenvalue weighted by Crippen LogP contribution is 2.15. The van der Waals surface area contributed by atoms with Crippen LogP contribution in [0.3, 0.4) is 0 Å². The largest absolute Gasteiger partial charge is 0.376 e. The molecule has 1 aliphatic heterocycles. The van der Waals surface area contributed by atoms with Gasteiger partial charge >= 0.3 is 0 Å². The van der Waals surface area contributed by atoms with E-state index in [1.807, 2.05) is 6.20 Å². The molecule has 1 atom stereocenters. The number of ether oxygens (including phenoxy) is 1. The number of carbonyl (C=O) groups excluding carboxylic acids is 1. The molecule has 8 heteroatoms. The summed E-state index contributed by atoms with van der Waals surface area (Å²) in [4.78, 5) is 15.9. The van der Waals surface area contributed by atoms with Gasteiger partial charge in [0.25, 0.3) is 0 Å². The van der Waals surface area contributed by atoms with Crippen molar-refractivity contribution < 1.29 is 14.1 Å². The van der Waals surface area contributed by atoms with Gasteiger partial charge in [0.15, 0.2) is 5.82 Å². The molecule has 1 fully saturated rings. The number of nitrogens with one attached hydrogen (secondary N) is 1. The number of aromatic nitrogens is 4. The van der Waals surface area contributed by atoms with Gasteiger partial charge in [-0.2, -0.15) is 10.1 Å². The van der Waals surface area contributed by atoms with Gasteiger partial charge in [0, 0.05) is 25.6 Å². The summed E-state index contributed by atoms with van der Waals surface area (Å²) >= 11 is 0. The molecule has 0 saturated carbocycles. The Balaban J connectivity index is 1.45. The lowest BCUT2D eigenvalue weighted by molar-refractivity contribution is -0.116. The summed E-state index contributed by atoms with van der Waals surface area (Å²) in [5.41, 5.74) is 0.685. The van der Waals surface area contributed by atoms with E-state index < -0.39 is 0 Å². The maximum atomic E-state index is 11.9. The first-order chi connectivity index (χ1) is 10.7. The summed E-state index contributed by atoms with van der Waals surface area (Å²) < 4.78 is 12.3. The molecule has 3 heterocycles. The van der Waals surface area contributed by atoms with Gasteiger partial charge in [-0.05, 0) is 19.8 Å². The van der Waals surface area contributed by atoms with Gasteiger partial charge in [-0.1, -0.05) is 5.16 Å². The molecule has 2 aromatic rings. The summed E-state index contributed by atoms with van der Waals surface area (Å²) in [7, 11) is 0. The van der Waals surface area contributed by atoms with Gasteiger partial charge in [-0.25, -0.2) is 0 Å². The predicted molar refractivity (Wildman–Crippen MR) is 77.2 cm³/mol. The van der Waals surface area contributed by atoms with Gasteiger partial charge in [-0.3, -0.25) is 9.48 Å². The number of nitrogens with zero attached hydrogens (tertiary/aromatic N) is 4. The molecule has 1 amide bonds. The third kappa shape index (κ3) is 3.91. The third-order valence-electron chi connectivity index (χ3n) is 3.47. The quantitative estimate of drug-likeness (QED) is 0.865. The monoisotopic (exact) mass is 305 g/mol. The molecule has 0 aliphatic carbocycles. The first-order valence-electron chi connectivity index (χ1n) is 7.42. The Labute approximate surface area is 127 Å². The minimum Gasteiger partial charge on any atom is -0.376 e. The highest BCUT2D eigenvalue weighted by Gasteiger charge is 2.16. The van der Waals surface area contributed by atoms with Crippen LogP contribution in [0, 0.1) is 6.92 Å². The van der Waals surface area contributed by atoms with E-state index in [1.165, 1.54) is 0 Å². The molecule has 1 saturated heterocycles. The van der Waals surface area contributed by atoms with Gasteiger partial charge in [0.2, 0.25) is 11.8 Å². The maximum absolute atomic E-state index is 11.9. The summed E-state index contributed by atoms with van der Waals surface area (Å²) in [6.07, 6.45) is 6.56. The molecule has 0 spiro atoms. The number of rotatable bonds is 6. The van der Waals surface area contributed by atoms with Crippen LogP contribution in [0.25, 0.3) is 0 Å². The van der Waals surface area contributed by atoms with E-state index >= 15 is 0 Å². The fourth-order valence-corrected chi connectivity index (χ4v) is 2.41. The summed E-state index contributed by atoms with van der Waals surface area (Å²) in [5.74, 6) is 0.945. The van der Waals surface area contributed by atoms with Crippen molar-refractivity contribution in [3.05, 3.63) is 24.1 Å². The van der Waals surface area contributed by atoms with Crippen molar-refractivity contribution in [1.82, 2.24) is 19.9 Å². The zero-order valence-corrected chi connectivity index (χ0v) is 12.5. The Morgan fingerprint density at radius 2 is 2.45 bits per heavy atom. The van der Waals surface area contributed by atoms with Crippen molar-refractivity contribution in [3.8, 4) is 0 Å². The highest BCUT2D eigenvalue weighted by atomic mass is 16.5. The van der Waals surface area contributed by atoms with Crippen LogP contribution in [0.1, 0.15) is 31.0 Å². The van der Waals surface area contributed by atoms with Gasteiger partial charge < -0.3 is 14.6 Å². The van der Waals surface area contributed by atoms with Crippen LogP contribution in [-0.4, -0.2) is 38.5 Å². The molecule has 0 bridgehead atoms. The number of carbonyl (C=O) groups is 1. The SMILES string of the molecule is Cc1noc(CCC(=O)Nc2cnn(CC3CCCO3)c2)n1. The first-order valence-corrected chi connectivity index (χ1v) is 7.42. The topological polar surface area (TPSA) is 95.1 Å². The lowest BCUT2D eigenvalue weighted by Crippen LogP contribution is -2.15. The average Bonchev–Trinajstić information content (AvgIpc) is 3.21. The van der Waals surface area contributed by atoms with E-state index in [0.29, 0.717) is 30.2 Å². The lowest BCUT2D eigenvalue weighted by Gasteiger charge is -2.08. The van der Waals surface area contributed by atoms with Crippen LogP contribution in [0.5, 0.6) is 0 Å². The van der Waals surface area contributed by atoms with Crippen LogP contribution >= 0.6 is 0 Å². The van der Waals surface area contributed by atoms with Gasteiger partial charge in [0.05, 0.1) is 24.5 Å². The van der Waals surface area contributed by atoms with E-state index in [0.717, 1.165) is 26.0 Å². The van der Waals surface area contributed by atoms with Gasteiger partial charge in [-0.15, -0.1) is 0 Å². The van der Waals surface area contributed by atoms with Crippen molar-refractivity contribution >= 4 is 11.6 Å². The predicted octanol–water partition coefficient (Wildman–Crippen LogP) is 1.32. The molecule has 1 unspecified atom stereocenters. The second-order valence-corrected chi connectivity index (χ2v) is 5.37. The fourth-order valence-electron chi connectivity index (χ4n) is 2.41. The normalized spacial score (nSPS) is 17.8. The molecular formula is C14H19N5O3. The smallest absolute Gasteiger partial charge is 0.227 e. The number of aryl methyl sites for hydroxylation is 2. The van der Waals surface area contributed by atoms with Crippen LogP contribution in [-0.2, 0) is 22.5 Å². The zero-order chi connectivity index (χ0) is 15.4. The van der Waals surface area contributed by atoms with Gasteiger partial charge in [0.1, 0.15) is 0 Å². The highest BCUT2D eigenvalue weighted by molar-refractivity contribution is 5.90. The third-order valence-corrected chi connectivity index (χ3v) is 3.47. The van der Waals surface area contributed by atoms with Crippen LogP contribution < -0.4 is 5.32 Å². The Hall–Kier alpha value is -2.22. The van der Waals surface area contributed by atoms with E-state index in [4.69, 9.17) is 9.26 Å². The van der Waals surface area contributed by atoms with E-state index in [-0.39, 0.29) is 12.0 Å². The van der Waals surface area contributed by atoms with Crippen molar-refractivity contribution in [2.24, 2.45) is 0 Å². The van der Waals surface area contributed by atoms with Crippen molar-refractivity contribution in [2.75, 3.05) is 11.9 Å². The molecule has 1 N–H and O–H groups in total. The number of anilines is 1. The molecule has 0 radical (unpaired) electrons. The maximum Gasteiger partial charge on any atom is 0.227 e.